The number of anilines is 1. The van der Waals surface area contributed by atoms with Gasteiger partial charge in [0, 0.05) is 24.1 Å². The van der Waals surface area contributed by atoms with Crippen LogP contribution in [0.3, 0.4) is 0 Å². The fourth-order valence-corrected chi connectivity index (χ4v) is 3.09. The van der Waals surface area contributed by atoms with Crippen molar-refractivity contribution < 1.29 is 19.0 Å². The number of fused-ring (bicyclic) bond motifs is 1. The third kappa shape index (κ3) is 3.25. The van der Waals surface area contributed by atoms with E-state index in [2.05, 4.69) is 5.32 Å². The number of morpholine rings is 1. The quantitative estimate of drug-likeness (QED) is 0.847. The third-order valence-corrected chi connectivity index (χ3v) is 4.41. The monoisotopic (exact) mass is 324 g/mol. The molecule has 6 nitrogen and oxygen atoms in total. The number of hydrogen-bond acceptors (Lipinski definition) is 5. The predicted octanol–water partition coefficient (Wildman–Crippen LogP) is 2.43. The second-order valence-corrected chi connectivity index (χ2v) is 6.10. The van der Waals surface area contributed by atoms with Crippen molar-refractivity contribution in [2.24, 2.45) is 0 Å². The highest BCUT2D eigenvalue weighted by Gasteiger charge is 2.23. The molecule has 2 heterocycles. The minimum absolute atomic E-state index is 0.0692. The standard InChI is InChI=1S/C15H20N2O4S/c1-10-9-17(3-4-19-10)15(18)16-11-7-12-13(8-14(11)22-2)21-6-5-20-12/h7-8,10H,3-6,9H2,1-2H3,(H,16,18). The molecule has 120 valence electrons. The number of rotatable bonds is 2. The van der Waals surface area contributed by atoms with Gasteiger partial charge in [0.05, 0.1) is 18.4 Å². The Kier molecular flexibility index (Phi) is 4.63. The second-order valence-electron chi connectivity index (χ2n) is 5.25. The molecule has 0 saturated carbocycles. The summed E-state index contributed by atoms with van der Waals surface area (Å²) in [5, 5.41) is 2.98. The van der Waals surface area contributed by atoms with E-state index in [0.29, 0.717) is 38.7 Å². The lowest BCUT2D eigenvalue weighted by atomic mass is 10.2. The van der Waals surface area contributed by atoms with Crippen molar-refractivity contribution in [1.29, 1.82) is 0 Å². The normalized spacial score (nSPS) is 20.6. The first-order valence-corrected chi connectivity index (χ1v) is 8.55. The maximum absolute atomic E-state index is 12.4. The molecule has 1 saturated heterocycles. The Labute approximate surface area is 134 Å². The van der Waals surface area contributed by atoms with Crippen molar-refractivity contribution in [1.82, 2.24) is 4.90 Å². The van der Waals surface area contributed by atoms with Crippen molar-refractivity contribution in [3.63, 3.8) is 0 Å². The van der Waals surface area contributed by atoms with Gasteiger partial charge in [0.25, 0.3) is 0 Å². The fourth-order valence-electron chi connectivity index (χ4n) is 2.53. The first-order chi connectivity index (χ1) is 10.7. The summed E-state index contributed by atoms with van der Waals surface area (Å²) in [6.07, 6.45) is 2.04. The van der Waals surface area contributed by atoms with E-state index < -0.39 is 0 Å². The van der Waals surface area contributed by atoms with Crippen molar-refractivity contribution in [3.8, 4) is 11.5 Å². The van der Waals surface area contributed by atoms with Gasteiger partial charge in [-0.1, -0.05) is 0 Å². The average molecular weight is 324 g/mol. The van der Waals surface area contributed by atoms with Gasteiger partial charge in [0.1, 0.15) is 13.2 Å². The van der Waals surface area contributed by atoms with Crippen LogP contribution >= 0.6 is 11.8 Å². The molecule has 1 fully saturated rings. The molecule has 7 heteroatoms. The fraction of sp³-hybridized carbons (Fsp3) is 0.533. The highest BCUT2D eigenvalue weighted by molar-refractivity contribution is 7.98. The van der Waals surface area contributed by atoms with E-state index in [1.807, 2.05) is 25.3 Å². The van der Waals surface area contributed by atoms with Crippen LogP contribution in [0.1, 0.15) is 6.92 Å². The Morgan fingerprint density at radius 3 is 2.68 bits per heavy atom. The molecule has 1 aromatic carbocycles. The molecule has 2 aliphatic heterocycles. The van der Waals surface area contributed by atoms with E-state index in [0.717, 1.165) is 16.3 Å². The molecule has 0 spiro atoms. The number of benzene rings is 1. The lowest BCUT2D eigenvalue weighted by Crippen LogP contribution is -2.46. The first-order valence-electron chi connectivity index (χ1n) is 7.32. The molecule has 3 rings (SSSR count). The highest BCUT2D eigenvalue weighted by atomic mass is 32.2. The van der Waals surface area contributed by atoms with Crippen LogP contribution in [0.4, 0.5) is 10.5 Å². The molecular weight excluding hydrogens is 304 g/mol. The number of urea groups is 1. The van der Waals surface area contributed by atoms with E-state index >= 15 is 0 Å². The largest absolute Gasteiger partial charge is 0.486 e. The molecule has 1 unspecified atom stereocenters. The van der Waals surface area contributed by atoms with Crippen LogP contribution in [-0.4, -0.2) is 56.2 Å². The van der Waals surface area contributed by atoms with Gasteiger partial charge in [0.2, 0.25) is 0 Å². The Bertz CT molecular complexity index is 567. The molecule has 22 heavy (non-hydrogen) atoms. The van der Waals surface area contributed by atoms with Crippen LogP contribution < -0.4 is 14.8 Å². The van der Waals surface area contributed by atoms with Crippen LogP contribution in [0.5, 0.6) is 11.5 Å². The van der Waals surface area contributed by atoms with E-state index in [4.69, 9.17) is 14.2 Å². The number of carbonyl (C=O) groups excluding carboxylic acids is 1. The van der Waals surface area contributed by atoms with Gasteiger partial charge in [-0.15, -0.1) is 11.8 Å². The summed E-state index contributed by atoms with van der Waals surface area (Å²) in [4.78, 5) is 15.2. The molecule has 0 aliphatic carbocycles. The molecule has 1 atom stereocenters. The van der Waals surface area contributed by atoms with Gasteiger partial charge < -0.3 is 24.4 Å². The molecule has 1 N–H and O–H groups in total. The Balaban J connectivity index is 1.77. The zero-order valence-corrected chi connectivity index (χ0v) is 13.6. The minimum Gasteiger partial charge on any atom is -0.486 e. The number of amides is 2. The Morgan fingerprint density at radius 2 is 2.00 bits per heavy atom. The Hall–Kier alpha value is -1.60. The number of thioether (sulfide) groups is 1. The molecule has 2 aliphatic rings. The summed E-state index contributed by atoms with van der Waals surface area (Å²) in [7, 11) is 0. The number of nitrogens with zero attached hydrogens (tertiary/aromatic N) is 1. The molecular formula is C15H20N2O4S. The highest BCUT2D eigenvalue weighted by Crippen LogP contribution is 2.39. The van der Waals surface area contributed by atoms with Crippen molar-refractivity contribution in [3.05, 3.63) is 12.1 Å². The zero-order chi connectivity index (χ0) is 15.5. The maximum Gasteiger partial charge on any atom is 0.322 e. The number of ether oxygens (including phenoxy) is 3. The first kappa shape index (κ1) is 15.3. The molecule has 0 bridgehead atoms. The Morgan fingerprint density at radius 1 is 1.27 bits per heavy atom. The van der Waals surface area contributed by atoms with Gasteiger partial charge in [-0.05, 0) is 19.2 Å². The predicted molar refractivity (Wildman–Crippen MR) is 85.2 cm³/mol. The third-order valence-electron chi connectivity index (χ3n) is 3.63. The van der Waals surface area contributed by atoms with Crippen LogP contribution in [0.2, 0.25) is 0 Å². The van der Waals surface area contributed by atoms with E-state index in [1.165, 1.54) is 0 Å². The lowest BCUT2D eigenvalue weighted by molar-refractivity contribution is -0.00139. The van der Waals surface area contributed by atoms with E-state index in [-0.39, 0.29) is 12.1 Å². The van der Waals surface area contributed by atoms with Crippen molar-refractivity contribution in [2.45, 2.75) is 17.9 Å². The summed E-state index contributed by atoms with van der Waals surface area (Å²) in [5.41, 5.74) is 0.751. The van der Waals surface area contributed by atoms with Gasteiger partial charge in [-0.2, -0.15) is 0 Å². The molecule has 0 radical (unpaired) electrons. The van der Waals surface area contributed by atoms with Crippen LogP contribution in [-0.2, 0) is 4.74 Å². The maximum atomic E-state index is 12.4. The summed E-state index contributed by atoms with van der Waals surface area (Å²) in [6, 6.07) is 3.64. The topological polar surface area (TPSA) is 60.0 Å². The molecule has 1 aromatic rings. The summed E-state index contributed by atoms with van der Waals surface area (Å²) in [5.74, 6) is 1.41. The molecule has 0 aromatic heterocycles. The van der Waals surface area contributed by atoms with Gasteiger partial charge in [0.15, 0.2) is 11.5 Å². The van der Waals surface area contributed by atoms with Crippen LogP contribution in [0, 0.1) is 0 Å². The lowest BCUT2D eigenvalue weighted by Gasteiger charge is -2.31. The summed E-state index contributed by atoms with van der Waals surface area (Å²) >= 11 is 1.56. The van der Waals surface area contributed by atoms with Crippen LogP contribution in [0.15, 0.2) is 17.0 Å². The number of carbonyl (C=O) groups is 1. The summed E-state index contributed by atoms with van der Waals surface area (Å²) < 4.78 is 16.6. The van der Waals surface area contributed by atoms with Gasteiger partial charge >= 0.3 is 6.03 Å². The summed E-state index contributed by atoms with van der Waals surface area (Å²) in [6.45, 7) is 4.83. The second kappa shape index (κ2) is 6.66. The van der Waals surface area contributed by atoms with E-state index in [9.17, 15) is 4.79 Å². The number of hydrogen-bond donors (Lipinski definition) is 1. The smallest absolute Gasteiger partial charge is 0.322 e. The van der Waals surface area contributed by atoms with Crippen molar-refractivity contribution in [2.75, 3.05) is 44.5 Å². The SMILES string of the molecule is CSc1cc2c(cc1NC(=O)N1CCOC(C)C1)OCCO2. The van der Waals surface area contributed by atoms with Gasteiger partial charge in [-0.3, -0.25) is 0 Å². The van der Waals surface area contributed by atoms with E-state index in [1.54, 1.807) is 16.7 Å². The molecule has 2 amide bonds. The van der Waals surface area contributed by atoms with Crippen molar-refractivity contribution >= 4 is 23.5 Å². The zero-order valence-electron chi connectivity index (χ0n) is 12.8. The van der Waals surface area contributed by atoms with Crippen LogP contribution in [0.25, 0.3) is 0 Å². The average Bonchev–Trinajstić information content (AvgIpc) is 2.54. The minimum atomic E-state index is -0.109. The van der Waals surface area contributed by atoms with Gasteiger partial charge in [-0.25, -0.2) is 4.79 Å². The number of nitrogens with one attached hydrogen (secondary N) is 1.